The van der Waals surface area contributed by atoms with Gasteiger partial charge in [-0.15, -0.1) is 0 Å². The second-order valence-electron chi connectivity index (χ2n) is 5.71. The summed E-state index contributed by atoms with van der Waals surface area (Å²) in [6, 6.07) is 19.4. The third kappa shape index (κ3) is 2.84. The zero-order valence-electron chi connectivity index (χ0n) is 13.5. The molecule has 26 heavy (non-hydrogen) atoms. The number of fused-ring (bicyclic) bond motifs is 1. The Kier molecular flexibility index (Phi) is 3.78. The van der Waals surface area contributed by atoms with Crippen molar-refractivity contribution >= 4 is 34.4 Å². The lowest BCUT2D eigenvalue weighted by Crippen LogP contribution is -2.05. The van der Waals surface area contributed by atoms with Crippen LogP contribution in [0.1, 0.15) is 11.1 Å². The highest BCUT2D eigenvalue weighted by Crippen LogP contribution is 2.25. The number of rotatable bonds is 3. The summed E-state index contributed by atoms with van der Waals surface area (Å²) in [4.78, 5) is 26.9. The van der Waals surface area contributed by atoms with Crippen LogP contribution in [-0.2, 0) is 9.53 Å². The first-order valence-electron chi connectivity index (χ1n) is 7.87. The molecule has 0 fully saturated rings. The predicted octanol–water partition coefficient (Wildman–Crippen LogP) is 4.09. The number of nitro benzene ring substituents is 1. The molecular formula is C20H12N2O4. The van der Waals surface area contributed by atoms with Gasteiger partial charge >= 0.3 is 5.97 Å². The van der Waals surface area contributed by atoms with Gasteiger partial charge in [0.25, 0.3) is 5.69 Å². The Balaban J connectivity index is 1.76. The van der Waals surface area contributed by atoms with Crippen LogP contribution in [0.15, 0.2) is 77.4 Å². The lowest BCUT2D eigenvalue weighted by atomic mass is 10.0. The van der Waals surface area contributed by atoms with Gasteiger partial charge in [-0.1, -0.05) is 48.5 Å². The number of nitro groups is 1. The summed E-state index contributed by atoms with van der Waals surface area (Å²) in [5, 5.41) is 12.8. The molecule has 0 unspecified atom stereocenters. The summed E-state index contributed by atoms with van der Waals surface area (Å²) < 4.78 is 5.33. The van der Waals surface area contributed by atoms with E-state index in [4.69, 9.17) is 4.74 Å². The molecule has 6 nitrogen and oxygen atoms in total. The molecule has 0 atom stereocenters. The average Bonchev–Trinajstić information content (AvgIpc) is 3.02. The number of nitrogens with zero attached hydrogens (tertiary/aromatic N) is 2. The van der Waals surface area contributed by atoms with E-state index in [1.54, 1.807) is 12.1 Å². The fourth-order valence-corrected chi connectivity index (χ4v) is 2.82. The van der Waals surface area contributed by atoms with Gasteiger partial charge in [0.2, 0.25) is 5.90 Å². The Morgan fingerprint density at radius 2 is 1.77 bits per heavy atom. The first-order chi connectivity index (χ1) is 12.6. The van der Waals surface area contributed by atoms with Crippen molar-refractivity contribution in [1.29, 1.82) is 0 Å². The van der Waals surface area contributed by atoms with Gasteiger partial charge in [-0.2, -0.15) is 0 Å². The normalized spacial score (nSPS) is 15.2. The predicted molar refractivity (Wildman–Crippen MR) is 97.7 cm³/mol. The molecule has 0 saturated heterocycles. The summed E-state index contributed by atoms with van der Waals surface area (Å²) in [5.41, 5.74) is 1.28. The Bertz CT molecular complexity index is 1110. The van der Waals surface area contributed by atoms with Crippen LogP contribution in [0.3, 0.4) is 0 Å². The smallest absolute Gasteiger partial charge is 0.363 e. The van der Waals surface area contributed by atoms with Crippen LogP contribution in [0.4, 0.5) is 5.69 Å². The highest BCUT2D eigenvalue weighted by molar-refractivity contribution is 6.17. The van der Waals surface area contributed by atoms with Crippen molar-refractivity contribution in [2.75, 3.05) is 0 Å². The molecule has 0 bridgehead atoms. The van der Waals surface area contributed by atoms with Gasteiger partial charge in [0, 0.05) is 17.7 Å². The van der Waals surface area contributed by atoms with Crippen LogP contribution in [0.25, 0.3) is 16.8 Å². The van der Waals surface area contributed by atoms with E-state index >= 15 is 0 Å². The van der Waals surface area contributed by atoms with E-state index in [1.807, 2.05) is 42.5 Å². The molecule has 0 aromatic heterocycles. The number of carbonyl (C=O) groups is 1. The summed E-state index contributed by atoms with van der Waals surface area (Å²) in [6.45, 7) is 0. The number of carbonyl (C=O) groups excluding carboxylic acids is 1. The van der Waals surface area contributed by atoms with Crippen LogP contribution < -0.4 is 0 Å². The third-order valence-electron chi connectivity index (χ3n) is 4.02. The summed E-state index contributed by atoms with van der Waals surface area (Å²) in [6.07, 6.45) is 1.48. The van der Waals surface area contributed by atoms with E-state index < -0.39 is 10.9 Å². The van der Waals surface area contributed by atoms with Crippen LogP contribution in [0.5, 0.6) is 0 Å². The SMILES string of the molecule is O=C1OC(c2cccc3ccccc23)=NC1=Cc1cccc([N+](=O)[O-])c1. The highest BCUT2D eigenvalue weighted by Gasteiger charge is 2.25. The van der Waals surface area contributed by atoms with Crippen molar-refractivity contribution in [3.8, 4) is 0 Å². The summed E-state index contributed by atoms with van der Waals surface area (Å²) >= 11 is 0. The standard InChI is InChI=1S/C20H12N2O4/c23-20-18(12-13-5-3-8-15(11-13)22(24)25)21-19(26-20)17-10-4-7-14-6-1-2-9-16(14)17/h1-12H. The third-order valence-corrected chi connectivity index (χ3v) is 4.02. The summed E-state index contributed by atoms with van der Waals surface area (Å²) in [5.74, 6) is -0.358. The van der Waals surface area contributed by atoms with E-state index in [0.29, 0.717) is 5.56 Å². The molecule has 0 N–H and O–H groups in total. The number of hydrogen-bond donors (Lipinski definition) is 0. The Morgan fingerprint density at radius 1 is 1.00 bits per heavy atom. The maximum Gasteiger partial charge on any atom is 0.363 e. The number of benzene rings is 3. The fourth-order valence-electron chi connectivity index (χ4n) is 2.82. The van der Waals surface area contributed by atoms with E-state index in [-0.39, 0.29) is 17.3 Å². The van der Waals surface area contributed by atoms with Gasteiger partial charge in [0.05, 0.1) is 4.92 Å². The Morgan fingerprint density at radius 3 is 2.62 bits per heavy atom. The molecule has 0 radical (unpaired) electrons. The Hall–Kier alpha value is -3.80. The van der Waals surface area contributed by atoms with Crippen LogP contribution in [-0.4, -0.2) is 16.8 Å². The van der Waals surface area contributed by atoms with E-state index in [9.17, 15) is 14.9 Å². The maximum absolute atomic E-state index is 12.2. The second-order valence-corrected chi connectivity index (χ2v) is 5.71. The molecule has 1 aliphatic heterocycles. The van der Waals surface area contributed by atoms with Gasteiger partial charge in [-0.05, 0) is 28.5 Å². The lowest BCUT2D eigenvalue weighted by molar-refractivity contribution is -0.384. The average molecular weight is 344 g/mol. The first kappa shape index (κ1) is 15.7. The zero-order valence-corrected chi connectivity index (χ0v) is 13.5. The van der Waals surface area contributed by atoms with Crippen LogP contribution in [0.2, 0.25) is 0 Å². The molecule has 6 heteroatoms. The number of aliphatic imine (C=N–C) groups is 1. The molecule has 0 aliphatic carbocycles. The molecule has 0 amide bonds. The molecule has 126 valence electrons. The topological polar surface area (TPSA) is 81.8 Å². The zero-order chi connectivity index (χ0) is 18.1. The van der Waals surface area contributed by atoms with Gasteiger partial charge in [-0.3, -0.25) is 10.1 Å². The molecule has 1 heterocycles. The first-order valence-corrected chi connectivity index (χ1v) is 7.87. The largest absolute Gasteiger partial charge is 0.402 e. The Labute approximate surface area is 148 Å². The number of cyclic esters (lactones) is 1. The lowest BCUT2D eigenvalue weighted by Gasteiger charge is -2.04. The molecule has 0 spiro atoms. The van der Waals surface area contributed by atoms with E-state index in [0.717, 1.165) is 16.3 Å². The van der Waals surface area contributed by atoms with Crippen LogP contribution >= 0.6 is 0 Å². The van der Waals surface area contributed by atoms with Crippen molar-refractivity contribution in [3.63, 3.8) is 0 Å². The summed E-state index contributed by atoms with van der Waals surface area (Å²) in [7, 11) is 0. The van der Waals surface area contributed by atoms with Crippen molar-refractivity contribution in [1.82, 2.24) is 0 Å². The number of ether oxygens (including phenoxy) is 1. The minimum Gasteiger partial charge on any atom is -0.402 e. The fraction of sp³-hybridized carbons (Fsp3) is 0. The van der Waals surface area contributed by atoms with Gasteiger partial charge < -0.3 is 4.74 Å². The molecule has 3 aromatic carbocycles. The van der Waals surface area contributed by atoms with E-state index in [1.165, 1.54) is 18.2 Å². The highest BCUT2D eigenvalue weighted by atomic mass is 16.6. The van der Waals surface area contributed by atoms with Crippen LogP contribution in [0, 0.1) is 10.1 Å². The number of esters is 1. The molecule has 1 aliphatic rings. The van der Waals surface area contributed by atoms with Crippen molar-refractivity contribution in [2.45, 2.75) is 0 Å². The quantitative estimate of drug-likeness (QED) is 0.310. The van der Waals surface area contributed by atoms with Gasteiger partial charge in [-0.25, -0.2) is 9.79 Å². The van der Waals surface area contributed by atoms with Crippen molar-refractivity contribution in [3.05, 3.63) is 93.7 Å². The molecule has 4 rings (SSSR count). The van der Waals surface area contributed by atoms with Crippen molar-refractivity contribution < 1.29 is 14.5 Å². The van der Waals surface area contributed by atoms with Crippen molar-refractivity contribution in [2.24, 2.45) is 4.99 Å². The minimum absolute atomic E-state index is 0.0519. The van der Waals surface area contributed by atoms with Gasteiger partial charge in [0.1, 0.15) is 0 Å². The molecule has 3 aromatic rings. The number of non-ortho nitro benzene ring substituents is 1. The number of hydrogen-bond acceptors (Lipinski definition) is 5. The molecular weight excluding hydrogens is 332 g/mol. The molecule has 0 saturated carbocycles. The monoisotopic (exact) mass is 344 g/mol. The maximum atomic E-state index is 12.2. The second kappa shape index (κ2) is 6.25. The van der Waals surface area contributed by atoms with Gasteiger partial charge in [0.15, 0.2) is 5.70 Å². The minimum atomic E-state index is -0.584. The van der Waals surface area contributed by atoms with E-state index in [2.05, 4.69) is 4.99 Å².